The molecule has 0 aromatic heterocycles. The first kappa shape index (κ1) is 7.98. The molecule has 1 heterocycles. The van der Waals surface area contributed by atoms with E-state index in [1.165, 1.54) is 12.1 Å². The van der Waals surface area contributed by atoms with Crippen molar-refractivity contribution in [3.05, 3.63) is 47.8 Å². The van der Waals surface area contributed by atoms with Gasteiger partial charge in [-0.1, -0.05) is 18.2 Å². The highest BCUT2D eigenvalue weighted by Gasteiger charge is 2.07. The molecule has 1 atom stereocenters. The van der Waals surface area contributed by atoms with Gasteiger partial charge >= 0.3 is 0 Å². The molecule has 1 aliphatic heterocycles. The van der Waals surface area contributed by atoms with Crippen molar-refractivity contribution in [2.24, 2.45) is 5.10 Å². The average Bonchev–Trinajstić information content (AvgIpc) is 2.20. The van der Waals surface area contributed by atoms with Crippen molar-refractivity contribution in [3.63, 3.8) is 0 Å². The summed E-state index contributed by atoms with van der Waals surface area (Å²) in [4.78, 5) is 0. The van der Waals surface area contributed by atoms with Gasteiger partial charge in [-0.2, -0.15) is 5.10 Å². The van der Waals surface area contributed by atoms with E-state index >= 15 is 0 Å². The molecular formula is C10H9FN2. The molecule has 0 saturated heterocycles. The SMILES string of the molecule is Fc1ccc(C2C=CC=NN2)cc1. The van der Waals surface area contributed by atoms with Gasteiger partial charge in [0, 0.05) is 6.21 Å². The number of nitrogens with one attached hydrogen (secondary N) is 1. The molecule has 1 N–H and O–H groups in total. The van der Waals surface area contributed by atoms with Crippen LogP contribution in [0.1, 0.15) is 11.6 Å². The minimum atomic E-state index is -0.216. The lowest BCUT2D eigenvalue weighted by molar-refractivity contribution is 0.620. The molecule has 0 fully saturated rings. The minimum absolute atomic E-state index is 0.0607. The maximum atomic E-state index is 12.6. The summed E-state index contributed by atoms with van der Waals surface area (Å²) in [6.07, 6.45) is 5.52. The monoisotopic (exact) mass is 176 g/mol. The third-order valence-electron chi connectivity index (χ3n) is 1.91. The molecule has 0 saturated carbocycles. The molecule has 0 aliphatic carbocycles. The topological polar surface area (TPSA) is 24.4 Å². The van der Waals surface area contributed by atoms with Crippen LogP contribution in [0.2, 0.25) is 0 Å². The summed E-state index contributed by atoms with van der Waals surface area (Å²) < 4.78 is 12.6. The van der Waals surface area contributed by atoms with Crippen LogP contribution >= 0.6 is 0 Å². The van der Waals surface area contributed by atoms with Crippen molar-refractivity contribution in [2.45, 2.75) is 6.04 Å². The fourth-order valence-corrected chi connectivity index (χ4v) is 1.23. The maximum absolute atomic E-state index is 12.6. The molecule has 0 amide bonds. The smallest absolute Gasteiger partial charge is 0.123 e. The molecule has 0 spiro atoms. The number of allylic oxidation sites excluding steroid dienone is 1. The summed E-state index contributed by atoms with van der Waals surface area (Å²) in [6.45, 7) is 0. The van der Waals surface area contributed by atoms with Gasteiger partial charge in [0.2, 0.25) is 0 Å². The van der Waals surface area contributed by atoms with E-state index in [0.29, 0.717) is 0 Å². The third-order valence-corrected chi connectivity index (χ3v) is 1.91. The molecule has 0 bridgehead atoms. The second-order valence-corrected chi connectivity index (χ2v) is 2.82. The summed E-state index contributed by atoms with van der Waals surface area (Å²) in [6, 6.07) is 6.45. The van der Waals surface area contributed by atoms with Crippen molar-refractivity contribution in [1.82, 2.24) is 5.43 Å². The van der Waals surface area contributed by atoms with E-state index < -0.39 is 0 Å². The van der Waals surface area contributed by atoms with Gasteiger partial charge in [-0.3, -0.25) is 5.43 Å². The standard InChI is InChI=1S/C10H9FN2/c11-9-5-3-8(4-6-9)10-2-1-7-12-13-10/h1-7,10,13H. The number of nitrogens with zero attached hydrogens (tertiary/aromatic N) is 1. The molecule has 1 aromatic carbocycles. The van der Waals surface area contributed by atoms with Crippen molar-refractivity contribution in [2.75, 3.05) is 0 Å². The molecule has 1 aliphatic rings. The van der Waals surface area contributed by atoms with Crippen LogP contribution in [0.3, 0.4) is 0 Å². The van der Waals surface area contributed by atoms with Gasteiger partial charge in [-0.25, -0.2) is 4.39 Å². The van der Waals surface area contributed by atoms with Gasteiger partial charge in [-0.15, -0.1) is 0 Å². The molecule has 66 valence electrons. The van der Waals surface area contributed by atoms with Gasteiger partial charge < -0.3 is 0 Å². The lowest BCUT2D eigenvalue weighted by Crippen LogP contribution is -2.15. The zero-order valence-corrected chi connectivity index (χ0v) is 6.94. The summed E-state index contributed by atoms with van der Waals surface area (Å²) in [5.41, 5.74) is 3.92. The zero-order chi connectivity index (χ0) is 9.10. The van der Waals surface area contributed by atoms with Gasteiger partial charge in [0.25, 0.3) is 0 Å². The number of hydrogen-bond acceptors (Lipinski definition) is 2. The van der Waals surface area contributed by atoms with Crippen LogP contribution in [0.25, 0.3) is 0 Å². The first-order chi connectivity index (χ1) is 6.36. The van der Waals surface area contributed by atoms with E-state index in [1.807, 2.05) is 12.2 Å². The first-order valence-electron chi connectivity index (χ1n) is 4.07. The Kier molecular flexibility index (Phi) is 2.08. The van der Waals surface area contributed by atoms with Gasteiger partial charge in [0.05, 0.1) is 6.04 Å². The Hall–Kier alpha value is -1.64. The minimum Gasteiger partial charge on any atom is -0.299 e. The number of hydrazone groups is 1. The molecule has 13 heavy (non-hydrogen) atoms. The van der Waals surface area contributed by atoms with Crippen LogP contribution < -0.4 is 5.43 Å². The Morgan fingerprint density at radius 1 is 1.23 bits per heavy atom. The van der Waals surface area contributed by atoms with E-state index in [4.69, 9.17) is 0 Å². The molecule has 0 radical (unpaired) electrons. The summed E-state index contributed by atoms with van der Waals surface area (Å²) in [5, 5.41) is 3.90. The molecule has 1 unspecified atom stereocenters. The highest BCUT2D eigenvalue weighted by molar-refractivity contribution is 5.71. The molecular weight excluding hydrogens is 167 g/mol. The third kappa shape index (κ3) is 1.75. The van der Waals surface area contributed by atoms with E-state index in [0.717, 1.165) is 5.56 Å². The molecule has 3 heteroatoms. The Morgan fingerprint density at radius 3 is 2.62 bits per heavy atom. The van der Waals surface area contributed by atoms with Crippen LogP contribution in [0.15, 0.2) is 41.5 Å². The van der Waals surface area contributed by atoms with Crippen molar-refractivity contribution in [1.29, 1.82) is 0 Å². The molecule has 2 nitrogen and oxygen atoms in total. The Bertz CT molecular complexity index is 340. The van der Waals surface area contributed by atoms with E-state index in [-0.39, 0.29) is 11.9 Å². The van der Waals surface area contributed by atoms with Crippen LogP contribution in [0.5, 0.6) is 0 Å². The van der Waals surface area contributed by atoms with Crippen LogP contribution in [-0.4, -0.2) is 6.21 Å². The average molecular weight is 176 g/mol. The van der Waals surface area contributed by atoms with Crippen LogP contribution in [-0.2, 0) is 0 Å². The maximum Gasteiger partial charge on any atom is 0.123 e. The zero-order valence-electron chi connectivity index (χ0n) is 6.94. The Morgan fingerprint density at radius 2 is 2.00 bits per heavy atom. The highest BCUT2D eigenvalue weighted by atomic mass is 19.1. The molecule has 2 rings (SSSR count). The lowest BCUT2D eigenvalue weighted by atomic mass is 10.1. The predicted octanol–water partition coefficient (Wildman–Crippen LogP) is 2.01. The lowest BCUT2D eigenvalue weighted by Gasteiger charge is -2.14. The normalized spacial score (nSPS) is 19.9. The van der Waals surface area contributed by atoms with E-state index in [1.54, 1.807) is 18.3 Å². The highest BCUT2D eigenvalue weighted by Crippen LogP contribution is 2.15. The summed E-state index contributed by atoms with van der Waals surface area (Å²) >= 11 is 0. The van der Waals surface area contributed by atoms with Crippen LogP contribution in [0, 0.1) is 5.82 Å². The quantitative estimate of drug-likeness (QED) is 0.695. The summed E-state index contributed by atoms with van der Waals surface area (Å²) in [7, 11) is 0. The first-order valence-corrected chi connectivity index (χ1v) is 4.07. The summed E-state index contributed by atoms with van der Waals surface area (Å²) in [5.74, 6) is -0.216. The number of benzene rings is 1. The second kappa shape index (κ2) is 3.39. The van der Waals surface area contributed by atoms with Crippen molar-refractivity contribution in [3.8, 4) is 0 Å². The van der Waals surface area contributed by atoms with E-state index in [9.17, 15) is 4.39 Å². The Labute approximate surface area is 75.8 Å². The van der Waals surface area contributed by atoms with Crippen molar-refractivity contribution < 1.29 is 4.39 Å². The van der Waals surface area contributed by atoms with E-state index in [2.05, 4.69) is 10.5 Å². The molecule has 1 aromatic rings. The fraction of sp³-hybridized carbons (Fsp3) is 0.100. The van der Waals surface area contributed by atoms with Gasteiger partial charge in [0.15, 0.2) is 0 Å². The number of rotatable bonds is 1. The van der Waals surface area contributed by atoms with Crippen LogP contribution in [0.4, 0.5) is 4.39 Å². The van der Waals surface area contributed by atoms with Gasteiger partial charge in [0.1, 0.15) is 5.82 Å². The second-order valence-electron chi connectivity index (χ2n) is 2.82. The number of halogens is 1. The fourth-order valence-electron chi connectivity index (χ4n) is 1.23. The Balaban J connectivity index is 2.21. The number of hydrogen-bond donors (Lipinski definition) is 1. The van der Waals surface area contributed by atoms with Crippen molar-refractivity contribution >= 4 is 6.21 Å². The van der Waals surface area contributed by atoms with Gasteiger partial charge in [-0.05, 0) is 23.8 Å². The largest absolute Gasteiger partial charge is 0.299 e. The predicted molar refractivity (Wildman–Crippen MR) is 49.9 cm³/mol.